The summed E-state index contributed by atoms with van der Waals surface area (Å²) in [6.45, 7) is 2.24. The minimum atomic E-state index is 0.488. The monoisotopic (exact) mass is 315 g/mol. The topological polar surface area (TPSA) is 68.9 Å². The summed E-state index contributed by atoms with van der Waals surface area (Å²) in [6.07, 6.45) is 6.47. The smallest absolute Gasteiger partial charge is 0.193 e. The van der Waals surface area contributed by atoms with E-state index in [1.54, 1.807) is 0 Å². The van der Waals surface area contributed by atoms with Crippen molar-refractivity contribution in [1.29, 1.82) is 0 Å². The Morgan fingerprint density at radius 3 is 2.83 bits per heavy atom. The summed E-state index contributed by atoms with van der Waals surface area (Å²) in [7, 11) is 0. The summed E-state index contributed by atoms with van der Waals surface area (Å²) in [5.74, 6) is 4.63. The molecule has 3 aliphatic rings. The Kier molecular flexibility index (Phi) is 4.02. The highest BCUT2D eigenvalue weighted by molar-refractivity contribution is 5.92. The van der Waals surface area contributed by atoms with Crippen molar-refractivity contribution in [3.8, 4) is 11.5 Å². The van der Waals surface area contributed by atoms with Gasteiger partial charge in [0.15, 0.2) is 17.5 Å². The van der Waals surface area contributed by atoms with Crippen LogP contribution < -0.4 is 20.5 Å². The number of benzene rings is 1. The quantitative estimate of drug-likeness (QED) is 0.664. The minimum absolute atomic E-state index is 0.488. The Morgan fingerprint density at radius 1 is 1.17 bits per heavy atom. The molecule has 2 aliphatic carbocycles. The first kappa shape index (κ1) is 14.7. The van der Waals surface area contributed by atoms with E-state index in [0.717, 1.165) is 47.9 Å². The summed E-state index contributed by atoms with van der Waals surface area (Å²) in [6, 6.07) is 5.81. The van der Waals surface area contributed by atoms with Crippen LogP contribution in [0.1, 0.15) is 32.1 Å². The van der Waals surface area contributed by atoms with Crippen molar-refractivity contribution in [1.82, 2.24) is 0 Å². The number of anilines is 1. The summed E-state index contributed by atoms with van der Waals surface area (Å²) < 4.78 is 11.3. The number of nitrogens with two attached hydrogens (primary N) is 1. The van der Waals surface area contributed by atoms with Crippen LogP contribution in [0.15, 0.2) is 23.2 Å². The van der Waals surface area contributed by atoms with Crippen LogP contribution in [0.25, 0.3) is 0 Å². The number of aliphatic imine (C=N–C) groups is 1. The number of rotatable bonds is 3. The van der Waals surface area contributed by atoms with Gasteiger partial charge in [0.05, 0.1) is 13.2 Å². The predicted molar refractivity (Wildman–Crippen MR) is 91.1 cm³/mol. The van der Waals surface area contributed by atoms with E-state index in [9.17, 15) is 0 Å². The van der Waals surface area contributed by atoms with Crippen molar-refractivity contribution < 1.29 is 9.47 Å². The lowest BCUT2D eigenvalue weighted by atomic mass is 9.89. The van der Waals surface area contributed by atoms with Crippen LogP contribution in [-0.2, 0) is 0 Å². The third kappa shape index (κ3) is 3.23. The molecule has 2 fully saturated rings. The molecule has 3 N–H and O–H groups in total. The fraction of sp³-hybridized carbons (Fsp3) is 0.611. The molecule has 124 valence electrons. The van der Waals surface area contributed by atoms with E-state index in [0.29, 0.717) is 19.2 Å². The van der Waals surface area contributed by atoms with E-state index in [2.05, 4.69) is 10.3 Å². The Bertz CT molecular complexity index is 602. The molecule has 1 aliphatic heterocycles. The number of hydrogen-bond donors (Lipinski definition) is 2. The second-order valence-corrected chi connectivity index (χ2v) is 7.00. The molecular formula is C18H25N3O2. The van der Waals surface area contributed by atoms with Crippen LogP contribution in [0.4, 0.5) is 5.69 Å². The van der Waals surface area contributed by atoms with Crippen LogP contribution in [0, 0.1) is 17.8 Å². The van der Waals surface area contributed by atoms with Crippen LogP contribution in [0.3, 0.4) is 0 Å². The largest absolute Gasteiger partial charge is 0.490 e. The van der Waals surface area contributed by atoms with E-state index in [-0.39, 0.29) is 0 Å². The Balaban J connectivity index is 1.37. The van der Waals surface area contributed by atoms with Gasteiger partial charge in [0.25, 0.3) is 0 Å². The zero-order valence-electron chi connectivity index (χ0n) is 13.5. The van der Waals surface area contributed by atoms with Gasteiger partial charge in [0.1, 0.15) is 0 Å². The summed E-state index contributed by atoms with van der Waals surface area (Å²) >= 11 is 0. The highest BCUT2D eigenvalue weighted by Gasteiger charge is 2.39. The molecule has 0 saturated heterocycles. The van der Waals surface area contributed by atoms with Crippen LogP contribution in [-0.4, -0.2) is 25.7 Å². The lowest BCUT2D eigenvalue weighted by molar-refractivity contribution is 0.297. The third-order valence-electron chi connectivity index (χ3n) is 5.40. The van der Waals surface area contributed by atoms with Gasteiger partial charge in [0, 0.05) is 24.7 Å². The maximum atomic E-state index is 6.06. The first-order valence-electron chi connectivity index (χ1n) is 8.74. The Morgan fingerprint density at radius 2 is 2.04 bits per heavy atom. The van der Waals surface area contributed by atoms with E-state index in [1.165, 1.54) is 25.7 Å². The molecule has 2 bridgehead atoms. The molecule has 1 heterocycles. The van der Waals surface area contributed by atoms with Gasteiger partial charge in [-0.1, -0.05) is 6.42 Å². The molecule has 23 heavy (non-hydrogen) atoms. The fourth-order valence-corrected chi connectivity index (χ4v) is 4.24. The Labute approximate surface area is 137 Å². The second-order valence-electron chi connectivity index (χ2n) is 7.00. The number of ether oxygens (including phenoxy) is 2. The van der Waals surface area contributed by atoms with Crippen molar-refractivity contribution in [2.75, 3.05) is 25.1 Å². The van der Waals surface area contributed by atoms with Crippen LogP contribution >= 0.6 is 0 Å². The zero-order valence-corrected chi connectivity index (χ0v) is 13.5. The second kappa shape index (κ2) is 6.30. The van der Waals surface area contributed by atoms with Crippen LogP contribution in [0.2, 0.25) is 0 Å². The number of guanidine groups is 1. The van der Waals surface area contributed by atoms with E-state index >= 15 is 0 Å². The molecule has 5 nitrogen and oxygen atoms in total. The third-order valence-corrected chi connectivity index (χ3v) is 5.40. The molecule has 0 amide bonds. The molecule has 4 rings (SSSR count). The number of hydrogen-bond acceptors (Lipinski definition) is 3. The molecular weight excluding hydrogens is 290 g/mol. The van der Waals surface area contributed by atoms with Gasteiger partial charge < -0.3 is 20.5 Å². The van der Waals surface area contributed by atoms with Crippen molar-refractivity contribution in [2.24, 2.45) is 28.5 Å². The van der Waals surface area contributed by atoms with Gasteiger partial charge in [-0.2, -0.15) is 0 Å². The van der Waals surface area contributed by atoms with E-state index in [4.69, 9.17) is 15.2 Å². The molecule has 1 aromatic rings. The van der Waals surface area contributed by atoms with Crippen molar-refractivity contribution in [3.63, 3.8) is 0 Å². The van der Waals surface area contributed by atoms with Crippen molar-refractivity contribution in [3.05, 3.63) is 18.2 Å². The maximum absolute atomic E-state index is 6.06. The maximum Gasteiger partial charge on any atom is 0.193 e. The lowest BCUT2D eigenvalue weighted by Gasteiger charge is -2.19. The van der Waals surface area contributed by atoms with Gasteiger partial charge in [-0.3, -0.25) is 4.99 Å². The number of nitrogens with one attached hydrogen (secondary N) is 1. The molecule has 3 unspecified atom stereocenters. The van der Waals surface area contributed by atoms with Crippen molar-refractivity contribution >= 4 is 11.6 Å². The summed E-state index contributed by atoms with van der Waals surface area (Å²) in [5, 5.41) is 3.17. The lowest BCUT2D eigenvalue weighted by Crippen LogP contribution is -2.24. The SMILES string of the molecule is NC(=NCC1CC2CCC1C2)Nc1ccc2c(c1)OCCCO2. The minimum Gasteiger partial charge on any atom is -0.490 e. The average molecular weight is 315 g/mol. The van der Waals surface area contributed by atoms with Crippen molar-refractivity contribution in [2.45, 2.75) is 32.1 Å². The zero-order chi connectivity index (χ0) is 15.6. The molecule has 0 aromatic heterocycles. The highest BCUT2D eigenvalue weighted by atomic mass is 16.5. The number of fused-ring (bicyclic) bond motifs is 3. The van der Waals surface area contributed by atoms with Gasteiger partial charge >= 0.3 is 0 Å². The van der Waals surface area contributed by atoms with E-state index < -0.39 is 0 Å². The highest BCUT2D eigenvalue weighted by Crippen LogP contribution is 2.48. The Hall–Kier alpha value is -1.91. The van der Waals surface area contributed by atoms with E-state index in [1.807, 2.05) is 18.2 Å². The molecule has 0 spiro atoms. The molecule has 3 atom stereocenters. The molecule has 5 heteroatoms. The van der Waals surface area contributed by atoms with Gasteiger partial charge in [-0.25, -0.2) is 0 Å². The summed E-state index contributed by atoms with van der Waals surface area (Å²) in [4.78, 5) is 4.56. The molecule has 2 saturated carbocycles. The van der Waals surface area contributed by atoms with Gasteiger partial charge in [0.2, 0.25) is 0 Å². The molecule has 0 radical (unpaired) electrons. The number of nitrogens with zero attached hydrogens (tertiary/aromatic N) is 1. The first-order chi connectivity index (χ1) is 11.3. The van der Waals surface area contributed by atoms with Gasteiger partial charge in [-0.05, 0) is 49.1 Å². The normalized spacial score (nSPS) is 29.4. The summed E-state index contributed by atoms with van der Waals surface area (Å²) in [5.41, 5.74) is 6.95. The average Bonchev–Trinajstić information content (AvgIpc) is 3.09. The predicted octanol–water partition coefficient (Wildman–Crippen LogP) is 3.01. The first-order valence-corrected chi connectivity index (χ1v) is 8.74. The fourth-order valence-electron chi connectivity index (χ4n) is 4.24. The van der Waals surface area contributed by atoms with Crippen LogP contribution in [0.5, 0.6) is 11.5 Å². The standard InChI is InChI=1S/C18H25N3O2/c19-18(20-11-14-9-12-2-3-13(14)8-12)21-15-4-5-16-17(10-15)23-7-1-6-22-16/h4-5,10,12-14H,1-3,6-9,11H2,(H3,19,20,21). The van der Waals surface area contributed by atoms with Gasteiger partial charge in [-0.15, -0.1) is 0 Å². The molecule has 1 aromatic carbocycles.